The van der Waals surface area contributed by atoms with Crippen molar-refractivity contribution < 1.29 is 23.1 Å². The summed E-state index contributed by atoms with van der Waals surface area (Å²) in [5.74, 6) is -1.13. The molecule has 2 aliphatic heterocycles. The monoisotopic (exact) mass is 349 g/mol. The number of carboxylic acids is 1. The summed E-state index contributed by atoms with van der Waals surface area (Å²) in [6.07, 6.45) is -3.22. The second kappa shape index (κ2) is 5.86. The minimum atomic E-state index is -4.72. The number of hydrogen-bond donors (Lipinski definition) is 3. The quantitative estimate of drug-likeness (QED) is 0.561. The van der Waals surface area contributed by atoms with E-state index in [1.807, 2.05) is 0 Å². The molecule has 7 nitrogen and oxygen atoms in total. The van der Waals surface area contributed by atoms with Gasteiger partial charge in [0.25, 0.3) is 0 Å². The summed E-state index contributed by atoms with van der Waals surface area (Å²) in [5, 5.41) is 23.9. The first kappa shape index (κ1) is 16.4. The molecule has 1 unspecified atom stereocenters. The van der Waals surface area contributed by atoms with Crippen LogP contribution in [0.15, 0.2) is 46.9 Å². The van der Waals surface area contributed by atoms with Gasteiger partial charge in [-0.1, -0.05) is 0 Å². The first-order chi connectivity index (χ1) is 11.8. The van der Waals surface area contributed by atoms with Gasteiger partial charge in [0.15, 0.2) is 6.17 Å². The Kier molecular flexibility index (Phi) is 3.84. The number of benzene rings is 1. The molecule has 0 saturated carbocycles. The van der Waals surface area contributed by atoms with Gasteiger partial charge in [-0.25, -0.2) is 4.79 Å². The number of nitriles is 1. The third kappa shape index (κ3) is 2.99. The van der Waals surface area contributed by atoms with Crippen molar-refractivity contribution >= 4 is 23.6 Å². The zero-order chi connectivity index (χ0) is 18.2. The number of allylic oxidation sites excluding steroid dienone is 1. The Bertz CT molecular complexity index is 867. The molecule has 1 aromatic rings. The smallest absolute Gasteiger partial charge is 0.478 e. The SMILES string of the molecule is N#C/C(=C1/Nc2ccc(C(=O)O)cc2N1)C1N=CC=CN1C(F)(F)F. The predicted molar refractivity (Wildman–Crippen MR) is 82.6 cm³/mol. The number of rotatable bonds is 2. The summed E-state index contributed by atoms with van der Waals surface area (Å²) in [4.78, 5) is 14.8. The highest BCUT2D eigenvalue weighted by Gasteiger charge is 2.43. The van der Waals surface area contributed by atoms with E-state index in [-0.39, 0.29) is 21.9 Å². The van der Waals surface area contributed by atoms with Crippen molar-refractivity contribution in [2.75, 3.05) is 10.6 Å². The van der Waals surface area contributed by atoms with E-state index in [0.717, 1.165) is 12.3 Å². The summed E-state index contributed by atoms with van der Waals surface area (Å²) >= 11 is 0. The molecule has 1 atom stereocenters. The van der Waals surface area contributed by atoms with Crippen molar-refractivity contribution in [2.24, 2.45) is 4.99 Å². The molecule has 25 heavy (non-hydrogen) atoms. The first-order valence-electron chi connectivity index (χ1n) is 6.92. The van der Waals surface area contributed by atoms with Crippen LogP contribution in [0.3, 0.4) is 0 Å². The van der Waals surface area contributed by atoms with E-state index in [0.29, 0.717) is 11.4 Å². The van der Waals surface area contributed by atoms with Crippen molar-refractivity contribution in [1.82, 2.24) is 4.90 Å². The van der Waals surface area contributed by atoms with Crippen LogP contribution in [0.1, 0.15) is 10.4 Å². The lowest BCUT2D eigenvalue weighted by molar-refractivity contribution is -0.235. The molecule has 0 fully saturated rings. The maximum absolute atomic E-state index is 13.1. The van der Waals surface area contributed by atoms with E-state index in [9.17, 15) is 23.2 Å². The van der Waals surface area contributed by atoms with E-state index < -0.39 is 18.4 Å². The molecule has 2 heterocycles. The van der Waals surface area contributed by atoms with Gasteiger partial charge in [-0.15, -0.1) is 0 Å². The molecule has 0 radical (unpaired) electrons. The Labute approximate surface area is 139 Å². The van der Waals surface area contributed by atoms with Gasteiger partial charge in [0.1, 0.15) is 17.5 Å². The van der Waals surface area contributed by atoms with E-state index in [4.69, 9.17) is 5.11 Å². The number of hydrogen-bond acceptors (Lipinski definition) is 6. The van der Waals surface area contributed by atoms with Crippen molar-refractivity contribution in [3.8, 4) is 6.07 Å². The van der Waals surface area contributed by atoms with Gasteiger partial charge in [0.05, 0.1) is 16.9 Å². The molecule has 2 aliphatic rings. The lowest BCUT2D eigenvalue weighted by Gasteiger charge is -2.30. The van der Waals surface area contributed by atoms with Crippen LogP contribution in [0.4, 0.5) is 24.5 Å². The number of aromatic carboxylic acids is 1. The maximum Gasteiger partial charge on any atom is 0.486 e. The van der Waals surface area contributed by atoms with E-state index in [1.165, 1.54) is 24.4 Å². The van der Waals surface area contributed by atoms with Crippen molar-refractivity contribution in [3.05, 3.63) is 47.4 Å². The highest BCUT2D eigenvalue weighted by atomic mass is 19.4. The summed E-state index contributed by atoms with van der Waals surface area (Å²) < 4.78 is 39.4. The average molecular weight is 349 g/mol. The molecular formula is C15H10F3N5O2. The van der Waals surface area contributed by atoms with Gasteiger partial charge in [0, 0.05) is 12.4 Å². The number of aliphatic imine (C=N–C) groups is 1. The maximum atomic E-state index is 13.1. The Morgan fingerprint density at radius 1 is 1.32 bits per heavy atom. The molecule has 0 spiro atoms. The van der Waals surface area contributed by atoms with Crippen LogP contribution in [0.5, 0.6) is 0 Å². The van der Waals surface area contributed by atoms with Gasteiger partial charge < -0.3 is 15.7 Å². The lowest BCUT2D eigenvalue weighted by Crippen LogP contribution is -2.43. The zero-order valence-electron chi connectivity index (χ0n) is 12.4. The van der Waals surface area contributed by atoms with Gasteiger partial charge in [-0.3, -0.25) is 9.89 Å². The minimum Gasteiger partial charge on any atom is -0.478 e. The van der Waals surface area contributed by atoms with Crippen LogP contribution in [-0.2, 0) is 0 Å². The standard InChI is InChI=1S/C15H10F3N5O2/c16-15(17,18)23-5-1-4-20-13(23)9(7-19)12-21-10-3-2-8(14(24)25)6-11(10)22-12/h1-6,13,21-22H,(H,24,25)/b12-9+. The molecule has 128 valence electrons. The number of nitrogens with one attached hydrogen (secondary N) is 2. The lowest BCUT2D eigenvalue weighted by atomic mass is 10.2. The van der Waals surface area contributed by atoms with Gasteiger partial charge in [-0.05, 0) is 24.3 Å². The minimum absolute atomic E-state index is 0.00310. The van der Waals surface area contributed by atoms with E-state index in [1.54, 1.807) is 6.07 Å². The molecule has 1 aromatic carbocycles. The highest BCUT2D eigenvalue weighted by molar-refractivity contribution is 5.92. The third-order valence-electron chi connectivity index (χ3n) is 3.55. The van der Waals surface area contributed by atoms with Crippen LogP contribution in [0.25, 0.3) is 0 Å². The zero-order valence-corrected chi connectivity index (χ0v) is 12.4. The third-order valence-corrected chi connectivity index (χ3v) is 3.55. The number of nitrogens with zero attached hydrogens (tertiary/aromatic N) is 3. The summed E-state index contributed by atoms with van der Waals surface area (Å²) in [6.45, 7) is 0. The molecule has 0 aromatic heterocycles. The summed E-state index contributed by atoms with van der Waals surface area (Å²) in [7, 11) is 0. The molecule has 0 aliphatic carbocycles. The predicted octanol–water partition coefficient (Wildman–Crippen LogP) is 2.70. The van der Waals surface area contributed by atoms with Crippen LogP contribution >= 0.6 is 0 Å². The van der Waals surface area contributed by atoms with Crippen molar-refractivity contribution in [2.45, 2.75) is 12.5 Å². The van der Waals surface area contributed by atoms with E-state index in [2.05, 4.69) is 15.6 Å². The normalized spacial score (nSPS) is 20.4. The van der Waals surface area contributed by atoms with Crippen molar-refractivity contribution in [3.63, 3.8) is 0 Å². The average Bonchev–Trinajstić information content (AvgIpc) is 2.97. The van der Waals surface area contributed by atoms with Crippen LogP contribution in [0, 0.1) is 11.3 Å². The van der Waals surface area contributed by atoms with E-state index >= 15 is 0 Å². The molecule has 0 amide bonds. The number of halogens is 3. The number of carboxylic acid groups (broad SMARTS) is 1. The van der Waals surface area contributed by atoms with Gasteiger partial charge in [0.2, 0.25) is 0 Å². The van der Waals surface area contributed by atoms with Crippen LogP contribution in [0.2, 0.25) is 0 Å². The molecule has 10 heteroatoms. The fourth-order valence-electron chi connectivity index (χ4n) is 2.42. The Morgan fingerprint density at radius 2 is 2.04 bits per heavy atom. The second-order valence-corrected chi connectivity index (χ2v) is 5.10. The number of anilines is 2. The number of alkyl halides is 3. The number of carbonyl (C=O) groups is 1. The molecule has 0 bridgehead atoms. The Morgan fingerprint density at radius 3 is 2.68 bits per heavy atom. The molecule has 0 saturated heterocycles. The topological polar surface area (TPSA) is 101 Å². The first-order valence-corrected chi connectivity index (χ1v) is 6.92. The number of fused-ring (bicyclic) bond motifs is 1. The Balaban J connectivity index is 1.98. The van der Waals surface area contributed by atoms with Gasteiger partial charge in [-0.2, -0.15) is 18.4 Å². The highest BCUT2D eigenvalue weighted by Crippen LogP contribution is 2.35. The molecular weight excluding hydrogens is 339 g/mol. The largest absolute Gasteiger partial charge is 0.486 e. The molecule has 3 N–H and O–H groups in total. The van der Waals surface area contributed by atoms with Crippen LogP contribution < -0.4 is 10.6 Å². The van der Waals surface area contributed by atoms with Gasteiger partial charge >= 0.3 is 12.3 Å². The second-order valence-electron chi connectivity index (χ2n) is 5.10. The fourth-order valence-corrected chi connectivity index (χ4v) is 2.42. The summed E-state index contributed by atoms with van der Waals surface area (Å²) in [5.41, 5.74) is 0.507. The molecule has 3 rings (SSSR count). The summed E-state index contributed by atoms with van der Waals surface area (Å²) in [6, 6.07) is 5.85. The van der Waals surface area contributed by atoms with Crippen LogP contribution in [-0.4, -0.2) is 34.7 Å². The fraction of sp³-hybridized carbons (Fsp3) is 0.133. The van der Waals surface area contributed by atoms with Crippen molar-refractivity contribution in [1.29, 1.82) is 5.26 Å². The Hall–Kier alpha value is -3.48.